The Labute approximate surface area is 146 Å². The molecule has 0 saturated carbocycles. The van der Waals surface area contributed by atoms with Crippen LogP contribution in [0.15, 0.2) is 34.5 Å². The molecule has 0 saturated heterocycles. The maximum absolute atomic E-state index is 12.8. The zero-order valence-electron chi connectivity index (χ0n) is 12.6. The first-order valence-corrected chi connectivity index (χ1v) is 9.14. The third-order valence-corrected chi connectivity index (χ3v) is 5.42. The van der Waals surface area contributed by atoms with Crippen LogP contribution in [0.25, 0.3) is 0 Å². The van der Waals surface area contributed by atoms with E-state index in [0.29, 0.717) is 17.1 Å². The molecular weight excluding hydrogens is 377 g/mol. The van der Waals surface area contributed by atoms with E-state index in [1.165, 1.54) is 24.3 Å². The number of halogens is 1. The molecule has 2 aromatic rings. The molecule has 1 aromatic carbocycles. The van der Waals surface area contributed by atoms with Crippen LogP contribution in [-0.4, -0.2) is 37.7 Å². The molecule has 0 radical (unpaired) electrons. The molecule has 0 aliphatic heterocycles. The van der Waals surface area contributed by atoms with Crippen LogP contribution in [0.1, 0.15) is 0 Å². The number of thiophene rings is 1. The molecule has 4 N–H and O–H groups in total. The number of anilines is 1. The Balaban J connectivity index is 1.96. The smallest absolute Gasteiger partial charge is 0.304 e. The number of aliphatic hydroxyl groups is 1. The van der Waals surface area contributed by atoms with Gasteiger partial charge in [-0.2, -0.15) is 0 Å². The fourth-order valence-corrected chi connectivity index (χ4v) is 3.51. The van der Waals surface area contributed by atoms with Gasteiger partial charge in [-0.15, -0.1) is 0 Å². The minimum absolute atomic E-state index is 0.0464. The fraction of sp³-hybridized carbons (Fsp3) is 0.231. The summed E-state index contributed by atoms with van der Waals surface area (Å²) in [6, 6.07) is 6.02. The Kier molecular flexibility index (Phi) is 5.89. The minimum Gasteiger partial charge on any atom is -0.491 e. The first-order valence-electron chi connectivity index (χ1n) is 6.78. The van der Waals surface area contributed by atoms with E-state index < -0.39 is 32.6 Å². The van der Waals surface area contributed by atoms with Gasteiger partial charge >= 0.3 is 5.69 Å². The first kappa shape index (κ1) is 19.1. The standard InChI is InChI=1S/C13H14FN3O6S2/c14-8-1-3-10(4-2-8)23-7-9(18)6-16-13-11(17(19)20)5-12(24-13)25(15,21)22/h1-5,9,16,18H,6-7H2,(H2,15,21,22). The lowest BCUT2D eigenvalue weighted by molar-refractivity contribution is -0.383. The number of nitrogens with two attached hydrogens (primary N) is 1. The van der Waals surface area contributed by atoms with Crippen molar-refractivity contribution in [3.05, 3.63) is 46.3 Å². The molecule has 2 rings (SSSR count). The SMILES string of the molecule is NS(=O)(=O)c1cc([N+](=O)[O-])c(NCC(O)COc2ccc(F)cc2)s1. The average molecular weight is 391 g/mol. The van der Waals surface area contributed by atoms with Crippen molar-refractivity contribution >= 4 is 32.0 Å². The van der Waals surface area contributed by atoms with Gasteiger partial charge in [-0.05, 0) is 24.3 Å². The molecule has 0 bridgehead atoms. The number of hydrogen-bond donors (Lipinski definition) is 3. The third kappa shape index (κ3) is 5.35. The van der Waals surface area contributed by atoms with Crippen LogP contribution in [0.4, 0.5) is 15.1 Å². The Morgan fingerprint density at radius 2 is 2.04 bits per heavy atom. The summed E-state index contributed by atoms with van der Waals surface area (Å²) in [5.74, 6) is -0.0794. The maximum atomic E-state index is 12.8. The van der Waals surface area contributed by atoms with Crippen molar-refractivity contribution in [1.29, 1.82) is 0 Å². The molecule has 25 heavy (non-hydrogen) atoms. The van der Waals surface area contributed by atoms with Crippen LogP contribution in [0.5, 0.6) is 5.75 Å². The monoisotopic (exact) mass is 391 g/mol. The van der Waals surface area contributed by atoms with Gasteiger partial charge in [0, 0.05) is 12.6 Å². The third-order valence-electron chi connectivity index (χ3n) is 2.92. The summed E-state index contributed by atoms with van der Waals surface area (Å²) < 4.78 is 40.2. The molecule has 0 fully saturated rings. The second kappa shape index (κ2) is 7.74. The van der Waals surface area contributed by atoms with Gasteiger partial charge in [0.2, 0.25) is 10.0 Å². The van der Waals surface area contributed by atoms with Gasteiger partial charge in [0.25, 0.3) is 0 Å². The van der Waals surface area contributed by atoms with E-state index in [0.717, 1.165) is 6.07 Å². The lowest BCUT2D eigenvalue weighted by Crippen LogP contribution is -2.26. The van der Waals surface area contributed by atoms with Crippen LogP contribution in [0, 0.1) is 15.9 Å². The highest BCUT2D eigenvalue weighted by Gasteiger charge is 2.24. The molecule has 1 aromatic heterocycles. The van der Waals surface area contributed by atoms with E-state index in [9.17, 15) is 28.0 Å². The molecule has 1 atom stereocenters. The molecule has 0 aliphatic carbocycles. The second-order valence-corrected chi connectivity index (χ2v) is 7.72. The number of ether oxygens (including phenoxy) is 1. The molecular formula is C13H14FN3O6S2. The van der Waals surface area contributed by atoms with Crippen LogP contribution in [0.2, 0.25) is 0 Å². The first-order chi connectivity index (χ1) is 11.7. The molecule has 0 aliphatic rings. The van der Waals surface area contributed by atoms with Crippen molar-refractivity contribution in [2.45, 2.75) is 10.3 Å². The molecule has 0 amide bonds. The largest absolute Gasteiger partial charge is 0.491 e. The van der Waals surface area contributed by atoms with E-state index >= 15 is 0 Å². The minimum atomic E-state index is -4.07. The Morgan fingerprint density at radius 3 is 2.60 bits per heavy atom. The summed E-state index contributed by atoms with van der Waals surface area (Å²) >= 11 is 0.593. The van der Waals surface area contributed by atoms with Crippen LogP contribution < -0.4 is 15.2 Å². The topological polar surface area (TPSA) is 145 Å². The van der Waals surface area contributed by atoms with Crippen molar-refractivity contribution in [2.75, 3.05) is 18.5 Å². The van der Waals surface area contributed by atoms with Gasteiger partial charge in [0.1, 0.15) is 28.5 Å². The number of nitrogens with zero attached hydrogens (tertiary/aromatic N) is 1. The number of rotatable bonds is 8. The highest BCUT2D eigenvalue weighted by molar-refractivity contribution is 7.91. The predicted molar refractivity (Wildman–Crippen MR) is 88.7 cm³/mol. The Bertz CT molecular complexity index is 853. The average Bonchev–Trinajstić information content (AvgIpc) is 2.97. The fourth-order valence-electron chi connectivity index (χ4n) is 1.75. The summed E-state index contributed by atoms with van der Waals surface area (Å²) in [6.07, 6.45) is -1.05. The van der Waals surface area contributed by atoms with E-state index in [1.807, 2.05) is 0 Å². The summed E-state index contributed by atoms with van der Waals surface area (Å²) in [5, 5.41) is 28.3. The zero-order valence-corrected chi connectivity index (χ0v) is 14.2. The number of sulfonamides is 1. The number of aliphatic hydroxyl groups excluding tert-OH is 1. The van der Waals surface area contributed by atoms with Gasteiger partial charge in [-0.25, -0.2) is 17.9 Å². The van der Waals surface area contributed by atoms with Crippen molar-refractivity contribution in [3.63, 3.8) is 0 Å². The van der Waals surface area contributed by atoms with Gasteiger partial charge in [0.15, 0.2) is 5.00 Å². The Hall–Kier alpha value is -2.28. The second-order valence-electron chi connectivity index (χ2n) is 4.88. The van der Waals surface area contributed by atoms with Crippen molar-refractivity contribution in [3.8, 4) is 5.75 Å². The summed E-state index contributed by atoms with van der Waals surface area (Å²) in [6.45, 7) is -0.285. The van der Waals surface area contributed by atoms with Crippen LogP contribution in [-0.2, 0) is 10.0 Å². The highest BCUT2D eigenvalue weighted by Crippen LogP contribution is 2.36. The summed E-state index contributed by atoms with van der Waals surface area (Å²) in [5.41, 5.74) is -0.458. The molecule has 1 heterocycles. The van der Waals surface area contributed by atoms with Gasteiger partial charge < -0.3 is 15.2 Å². The maximum Gasteiger partial charge on any atom is 0.304 e. The van der Waals surface area contributed by atoms with Gasteiger partial charge in [-0.3, -0.25) is 10.1 Å². The van der Waals surface area contributed by atoms with E-state index in [1.54, 1.807) is 0 Å². The molecule has 1 unspecified atom stereocenters. The van der Waals surface area contributed by atoms with Gasteiger partial charge in [-0.1, -0.05) is 11.3 Å². The highest BCUT2D eigenvalue weighted by atomic mass is 32.2. The number of hydrogen-bond acceptors (Lipinski definition) is 8. The van der Waals surface area contributed by atoms with Crippen molar-refractivity contribution in [2.24, 2.45) is 5.14 Å². The number of nitro groups is 1. The lowest BCUT2D eigenvalue weighted by Gasteiger charge is -2.13. The molecule has 136 valence electrons. The van der Waals surface area contributed by atoms with E-state index in [-0.39, 0.29) is 22.4 Å². The lowest BCUT2D eigenvalue weighted by atomic mass is 10.3. The van der Waals surface area contributed by atoms with E-state index in [2.05, 4.69) is 5.32 Å². The van der Waals surface area contributed by atoms with Crippen LogP contribution in [0.3, 0.4) is 0 Å². The predicted octanol–water partition coefficient (Wildman–Crippen LogP) is 1.29. The number of primary sulfonamides is 1. The molecule has 12 heteroatoms. The number of benzene rings is 1. The summed E-state index contributed by atoms with van der Waals surface area (Å²) in [4.78, 5) is 10.2. The van der Waals surface area contributed by atoms with Crippen LogP contribution >= 0.6 is 11.3 Å². The molecule has 0 spiro atoms. The zero-order chi connectivity index (χ0) is 18.6. The van der Waals surface area contributed by atoms with E-state index in [4.69, 9.17) is 9.88 Å². The normalized spacial score (nSPS) is 12.6. The molecule has 9 nitrogen and oxygen atoms in total. The van der Waals surface area contributed by atoms with Gasteiger partial charge in [0.05, 0.1) is 4.92 Å². The summed E-state index contributed by atoms with van der Waals surface area (Å²) in [7, 11) is -4.07. The van der Waals surface area contributed by atoms with Crippen molar-refractivity contribution < 1.29 is 27.6 Å². The number of nitrogens with one attached hydrogen (secondary N) is 1. The Morgan fingerprint density at radius 1 is 1.40 bits per heavy atom. The quantitative estimate of drug-likeness (QED) is 0.454. The van der Waals surface area contributed by atoms with Crippen molar-refractivity contribution in [1.82, 2.24) is 0 Å².